The molecule has 0 aromatic heterocycles. The summed E-state index contributed by atoms with van der Waals surface area (Å²) in [6.45, 7) is 1.79. The maximum atomic E-state index is 12.3. The van der Waals surface area contributed by atoms with Gasteiger partial charge in [0.05, 0.1) is 12.2 Å². The Labute approximate surface area is 107 Å². The van der Waals surface area contributed by atoms with Gasteiger partial charge in [0.25, 0.3) is 0 Å². The highest BCUT2D eigenvalue weighted by molar-refractivity contribution is 6.06. The number of benzene rings is 1. The highest BCUT2D eigenvalue weighted by Gasteiger charge is 2.30. The Morgan fingerprint density at radius 2 is 1.74 bits per heavy atom. The molecule has 1 aromatic carbocycles. The number of halogens is 3. The Hall–Kier alpha value is -2.11. The van der Waals surface area contributed by atoms with Gasteiger partial charge in [0.1, 0.15) is 0 Å². The molecule has 0 atom stereocenters. The van der Waals surface area contributed by atoms with Crippen molar-refractivity contribution in [1.82, 2.24) is 0 Å². The number of carbonyl (C=O) groups excluding carboxylic acids is 2. The van der Waals surface area contributed by atoms with Gasteiger partial charge in [-0.05, 0) is 25.1 Å². The average molecular weight is 272 g/mol. The molecule has 0 amide bonds. The van der Waals surface area contributed by atoms with Crippen LogP contribution < -0.4 is 0 Å². The summed E-state index contributed by atoms with van der Waals surface area (Å²) in [6, 6.07) is 3.73. The molecule has 0 unspecified atom stereocenters. The molecule has 0 fully saturated rings. The van der Waals surface area contributed by atoms with Crippen molar-refractivity contribution in [2.24, 2.45) is 0 Å². The second-order valence-corrected chi connectivity index (χ2v) is 3.52. The molecule has 6 heteroatoms. The number of ketones is 1. The highest BCUT2D eigenvalue weighted by Crippen LogP contribution is 2.29. The van der Waals surface area contributed by atoms with Crippen molar-refractivity contribution in [3.63, 3.8) is 0 Å². The largest absolute Gasteiger partial charge is 0.463 e. The number of esters is 1. The van der Waals surface area contributed by atoms with E-state index in [0.717, 1.165) is 36.4 Å². The first-order valence-electron chi connectivity index (χ1n) is 5.41. The zero-order valence-electron chi connectivity index (χ0n) is 10.0. The van der Waals surface area contributed by atoms with Gasteiger partial charge in [-0.1, -0.05) is 12.1 Å². The third kappa shape index (κ3) is 4.57. The zero-order valence-corrected chi connectivity index (χ0v) is 10.0. The molecule has 0 radical (unpaired) electrons. The molecule has 0 aliphatic rings. The summed E-state index contributed by atoms with van der Waals surface area (Å²) in [5.74, 6) is -1.25. The monoisotopic (exact) mass is 272 g/mol. The predicted octanol–water partition coefficient (Wildman–Crippen LogP) is 3.01. The van der Waals surface area contributed by atoms with Crippen molar-refractivity contribution >= 4 is 11.8 Å². The van der Waals surface area contributed by atoms with Crippen LogP contribution in [-0.4, -0.2) is 18.4 Å². The summed E-state index contributed by atoms with van der Waals surface area (Å²) in [5.41, 5.74) is -0.771. The maximum Gasteiger partial charge on any atom is 0.416 e. The van der Waals surface area contributed by atoms with E-state index >= 15 is 0 Å². The second kappa shape index (κ2) is 6.17. The topological polar surface area (TPSA) is 43.4 Å². The number of allylic oxidation sites excluding steroid dienone is 1. The molecule has 0 spiro atoms. The minimum Gasteiger partial charge on any atom is -0.463 e. The van der Waals surface area contributed by atoms with Crippen molar-refractivity contribution in [3.05, 3.63) is 47.5 Å². The van der Waals surface area contributed by atoms with Crippen molar-refractivity contribution in [2.75, 3.05) is 6.61 Å². The van der Waals surface area contributed by atoms with Crippen LogP contribution >= 0.6 is 0 Å². The van der Waals surface area contributed by atoms with Crippen LogP contribution in [0.3, 0.4) is 0 Å². The third-order valence-corrected chi connectivity index (χ3v) is 2.15. The molecular formula is C13H11F3O3. The lowest BCUT2D eigenvalue weighted by Crippen LogP contribution is -2.05. The second-order valence-electron chi connectivity index (χ2n) is 3.52. The molecule has 19 heavy (non-hydrogen) atoms. The molecule has 1 rings (SSSR count). The fourth-order valence-corrected chi connectivity index (χ4v) is 1.25. The summed E-state index contributed by atoms with van der Waals surface area (Å²) >= 11 is 0. The van der Waals surface area contributed by atoms with Crippen LogP contribution in [0.1, 0.15) is 22.8 Å². The molecule has 3 nitrogen and oxygen atoms in total. The number of alkyl halides is 3. The standard InChI is InChI=1S/C13H11F3O3/c1-2-19-12(18)8-7-11(17)9-3-5-10(6-4-9)13(14,15)16/h3-8H,2H2,1H3/b8-7+. The average Bonchev–Trinajstić information content (AvgIpc) is 2.35. The Bertz CT molecular complexity index is 487. The molecule has 1 aromatic rings. The summed E-state index contributed by atoms with van der Waals surface area (Å²) in [7, 11) is 0. The van der Waals surface area contributed by atoms with E-state index in [1.165, 1.54) is 0 Å². The first-order chi connectivity index (χ1) is 8.84. The normalized spacial score (nSPS) is 11.6. The number of carbonyl (C=O) groups is 2. The van der Waals surface area contributed by atoms with E-state index in [2.05, 4.69) is 4.74 Å². The molecule has 0 N–H and O–H groups in total. The van der Waals surface area contributed by atoms with Crippen molar-refractivity contribution < 1.29 is 27.5 Å². The quantitative estimate of drug-likeness (QED) is 0.480. The van der Waals surface area contributed by atoms with E-state index in [4.69, 9.17) is 0 Å². The number of hydrogen-bond acceptors (Lipinski definition) is 3. The van der Waals surface area contributed by atoms with Gasteiger partial charge < -0.3 is 4.74 Å². The summed E-state index contributed by atoms with van der Waals surface area (Å²) in [4.78, 5) is 22.5. The minimum absolute atomic E-state index is 0.0635. The third-order valence-electron chi connectivity index (χ3n) is 2.15. The van der Waals surface area contributed by atoms with Crippen molar-refractivity contribution in [3.8, 4) is 0 Å². The van der Waals surface area contributed by atoms with Gasteiger partial charge >= 0.3 is 12.1 Å². The number of ether oxygens (including phenoxy) is 1. The summed E-state index contributed by atoms with van der Waals surface area (Å²) in [6.07, 6.45) is -2.55. The van der Waals surface area contributed by atoms with E-state index in [1.807, 2.05) is 0 Å². The molecule has 0 saturated heterocycles. The van der Waals surface area contributed by atoms with Crippen LogP contribution in [-0.2, 0) is 15.7 Å². The van der Waals surface area contributed by atoms with Gasteiger partial charge in [0, 0.05) is 11.6 Å². The molecule has 102 valence electrons. The Kier molecular flexibility index (Phi) is 4.86. The lowest BCUT2D eigenvalue weighted by atomic mass is 10.1. The Balaban J connectivity index is 2.76. The van der Waals surface area contributed by atoms with Crippen LogP contribution in [0.4, 0.5) is 13.2 Å². The van der Waals surface area contributed by atoms with Crippen LogP contribution in [0, 0.1) is 0 Å². The van der Waals surface area contributed by atoms with Gasteiger partial charge in [-0.25, -0.2) is 4.79 Å². The predicted molar refractivity (Wildman–Crippen MR) is 61.5 cm³/mol. The molecule has 0 heterocycles. The zero-order chi connectivity index (χ0) is 14.5. The van der Waals surface area contributed by atoms with Gasteiger partial charge in [-0.3, -0.25) is 4.79 Å². The molecular weight excluding hydrogens is 261 g/mol. The lowest BCUT2D eigenvalue weighted by molar-refractivity contribution is -0.138. The van der Waals surface area contributed by atoms with E-state index in [9.17, 15) is 22.8 Å². The van der Waals surface area contributed by atoms with Crippen LogP contribution in [0.15, 0.2) is 36.4 Å². The van der Waals surface area contributed by atoms with Gasteiger partial charge in [0.2, 0.25) is 0 Å². The molecule has 0 aliphatic heterocycles. The minimum atomic E-state index is -4.44. The molecule has 0 bridgehead atoms. The number of hydrogen-bond donors (Lipinski definition) is 0. The van der Waals surface area contributed by atoms with E-state index in [1.54, 1.807) is 6.92 Å². The molecule has 0 aliphatic carbocycles. The summed E-state index contributed by atoms with van der Waals surface area (Å²) < 4.78 is 41.5. The SMILES string of the molecule is CCOC(=O)/C=C/C(=O)c1ccc(C(F)(F)F)cc1. The summed E-state index contributed by atoms with van der Waals surface area (Å²) in [5, 5.41) is 0. The van der Waals surface area contributed by atoms with Crippen LogP contribution in [0.5, 0.6) is 0 Å². The van der Waals surface area contributed by atoms with E-state index < -0.39 is 23.5 Å². The van der Waals surface area contributed by atoms with Crippen LogP contribution in [0.2, 0.25) is 0 Å². The smallest absolute Gasteiger partial charge is 0.416 e. The van der Waals surface area contributed by atoms with Gasteiger partial charge in [-0.2, -0.15) is 13.2 Å². The van der Waals surface area contributed by atoms with Crippen molar-refractivity contribution in [2.45, 2.75) is 13.1 Å². The number of rotatable bonds is 4. The van der Waals surface area contributed by atoms with Crippen LogP contribution in [0.25, 0.3) is 0 Å². The fraction of sp³-hybridized carbons (Fsp3) is 0.231. The molecule has 0 saturated carbocycles. The van der Waals surface area contributed by atoms with Gasteiger partial charge in [0.15, 0.2) is 5.78 Å². The van der Waals surface area contributed by atoms with E-state index in [-0.39, 0.29) is 12.2 Å². The first-order valence-corrected chi connectivity index (χ1v) is 5.41. The van der Waals surface area contributed by atoms with E-state index in [0.29, 0.717) is 0 Å². The van der Waals surface area contributed by atoms with Gasteiger partial charge in [-0.15, -0.1) is 0 Å². The highest BCUT2D eigenvalue weighted by atomic mass is 19.4. The maximum absolute atomic E-state index is 12.3. The Morgan fingerprint density at radius 1 is 1.16 bits per heavy atom. The lowest BCUT2D eigenvalue weighted by Gasteiger charge is -2.06. The Morgan fingerprint density at radius 3 is 2.21 bits per heavy atom. The first kappa shape index (κ1) is 14.9. The van der Waals surface area contributed by atoms with Crippen molar-refractivity contribution in [1.29, 1.82) is 0 Å². The fourth-order valence-electron chi connectivity index (χ4n) is 1.25.